The zero-order chi connectivity index (χ0) is 23.4. The molecule has 4 rings (SSSR count). The monoisotopic (exact) mass is 503 g/mol. The number of thiophene rings is 1. The quantitative estimate of drug-likeness (QED) is 0.489. The lowest BCUT2D eigenvalue weighted by atomic mass is 9.95. The number of nitrogens with zero attached hydrogens (tertiary/aromatic N) is 2. The topological polar surface area (TPSA) is 89.8 Å². The Morgan fingerprint density at radius 2 is 1.94 bits per heavy atom. The molecule has 0 bridgehead atoms. The summed E-state index contributed by atoms with van der Waals surface area (Å²) in [5.41, 5.74) is 2.54. The lowest BCUT2D eigenvalue weighted by Crippen LogP contribution is -2.18. The molecule has 7 nitrogen and oxygen atoms in total. The van der Waals surface area contributed by atoms with Crippen molar-refractivity contribution in [2.24, 2.45) is 12.0 Å². The van der Waals surface area contributed by atoms with Crippen LogP contribution in [0.5, 0.6) is 0 Å². The summed E-state index contributed by atoms with van der Waals surface area (Å²) in [5.74, 6) is -0.707. The predicted octanol–water partition coefficient (Wildman–Crippen LogP) is 4.16. The van der Waals surface area contributed by atoms with Gasteiger partial charge in [-0.15, -0.1) is 23.1 Å². The van der Waals surface area contributed by atoms with Crippen molar-refractivity contribution in [3.05, 3.63) is 45.1 Å². The van der Waals surface area contributed by atoms with E-state index in [1.165, 1.54) is 34.4 Å². The van der Waals surface area contributed by atoms with Crippen molar-refractivity contribution >= 4 is 67.4 Å². The Labute approximate surface area is 203 Å². The molecule has 2 heterocycles. The van der Waals surface area contributed by atoms with Crippen molar-refractivity contribution in [3.8, 4) is 0 Å². The van der Waals surface area contributed by atoms with Crippen molar-refractivity contribution in [3.63, 3.8) is 0 Å². The molecule has 0 aliphatic heterocycles. The summed E-state index contributed by atoms with van der Waals surface area (Å²) in [6.45, 7) is 2.06. The van der Waals surface area contributed by atoms with Gasteiger partial charge in [-0.1, -0.05) is 23.5 Å². The zero-order valence-corrected chi connectivity index (χ0v) is 21.0. The molecule has 1 aromatic carbocycles. The average molecular weight is 504 g/mol. The van der Waals surface area contributed by atoms with Gasteiger partial charge in [-0.3, -0.25) is 9.59 Å². The van der Waals surface area contributed by atoms with Gasteiger partial charge in [-0.2, -0.15) is 4.99 Å². The first-order valence-corrected chi connectivity index (χ1v) is 13.6. The maximum atomic E-state index is 12.5. The third-order valence-electron chi connectivity index (χ3n) is 5.30. The van der Waals surface area contributed by atoms with Crippen LogP contribution < -0.4 is 10.1 Å². The molecule has 0 spiro atoms. The number of thiazole rings is 1. The van der Waals surface area contributed by atoms with E-state index in [1.807, 2.05) is 35.9 Å². The summed E-state index contributed by atoms with van der Waals surface area (Å²) < 4.78 is 8.19. The van der Waals surface area contributed by atoms with Gasteiger partial charge in [0.15, 0.2) is 4.80 Å². The highest BCUT2D eigenvalue weighted by atomic mass is 32.2. The highest BCUT2D eigenvalue weighted by Gasteiger charge is 2.27. The Hall–Kier alpha value is -2.43. The van der Waals surface area contributed by atoms with Crippen LogP contribution >= 0.6 is 34.4 Å². The van der Waals surface area contributed by atoms with Gasteiger partial charge in [0.2, 0.25) is 5.91 Å². The van der Waals surface area contributed by atoms with Crippen LogP contribution in [0.15, 0.2) is 29.3 Å². The number of anilines is 1. The molecule has 1 N–H and O–H groups in total. The van der Waals surface area contributed by atoms with Crippen LogP contribution in [0.25, 0.3) is 10.2 Å². The summed E-state index contributed by atoms with van der Waals surface area (Å²) in [5, 5.41) is 3.43. The van der Waals surface area contributed by atoms with E-state index in [0.29, 0.717) is 15.4 Å². The molecule has 0 saturated carbocycles. The maximum Gasteiger partial charge on any atom is 0.341 e. The molecule has 33 heavy (non-hydrogen) atoms. The van der Waals surface area contributed by atoms with E-state index in [1.54, 1.807) is 6.92 Å². The van der Waals surface area contributed by atoms with Crippen molar-refractivity contribution in [2.45, 2.75) is 32.6 Å². The molecule has 2 amide bonds. The SMILES string of the molecule is CCOC(=O)c1c(NC(=O)CSCC(=O)N=c2sc3ccccc3n2C)sc2c1CCCC2. The molecular formula is C23H25N3O4S3. The number of thioether (sulfide) groups is 1. The molecule has 1 aliphatic carbocycles. The van der Waals surface area contributed by atoms with Crippen molar-refractivity contribution in [1.29, 1.82) is 0 Å². The first-order chi connectivity index (χ1) is 16.0. The maximum absolute atomic E-state index is 12.5. The largest absolute Gasteiger partial charge is 0.462 e. The molecule has 0 radical (unpaired) electrons. The van der Waals surface area contributed by atoms with E-state index >= 15 is 0 Å². The molecular weight excluding hydrogens is 478 g/mol. The minimum Gasteiger partial charge on any atom is -0.462 e. The number of amides is 2. The van der Waals surface area contributed by atoms with Gasteiger partial charge in [-0.25, -0.2) is 4.79 Å². The Balaban J connectivity index is 1.38. The van der Waals surface area contributed by atoms with Gasteiger partial charge >= 0.3 is 5.97 Å². The first kappa shape index (κ1) is 23.7. The van der Waals surface area contributed by atoms with E-state index < -0.39 is 0 Å². The van der Waals surface area contributed by atoms with Crippen LogP contribution in [-0.2, 0) is 34.2 Å². The Kier molecular flexibility index (Phi) is 7.67. The number of nitrogens with one attached hydrogen (secondary N) is 1. The fraction of sp³-hybridized carbons (Fsp3) is 0.391. The van der Waals surface area contributed by atoms with Gasteiger partial charge in [0.25, 0.3) is 5.91 Å². The van der Waals surface area contributed by atoms with Gasteiger partial charge in [0.1, 0.15) is 5.00 Å². The van der Waals surface area contributed by atoms with Crippen molar-refractivity contribution in [1.82, 2.24) is 4.57 Å². The van der Waals surface area contributed by atoms with E-state index in [2.05, 4.69) is 10.3 Å². The number of ether oxygens (including phenoxy) is 1. The third-order valence-corrected chi connectivity index (χ3v) is 8.54. The summed E-state index contributed by atoms with van der Waals surface area (Å²) in [6.07, 6.45) is 3.86. The molecule has 10 heteroatoms. The molecule has 0 unspecified atom stereocenters. The molecule has 3 aromatic rings. The smallest absolute Gasteiger partial charge is 0.341 e. The van der Waals surface area contributed by atoms with Gasteiger partial charge < -0.3 is 14.6 Å². The highest BCUT2D eigenvalue weighted by molar-refractivity contribution is 8.00. The van der Waals surface area contributed by atoms with Crippen molar-refractivity contribution < 1.29 is 19.1 Å². The lowest BCUT2D eigenvalue weighted by Gasteiger charge is -2.12. The average Bonchev–Trinajstić information content (AvgIpc) is 3.31. The fourth-order valence-corrected chi connectivity index (χ4v) is 6.72. The van der Waals surface area contributed by atoms with E-state index in [0.717, 1.165) is 46.3 Å². The Morgan fingerprint density at radius 1 is 1.15 bits per heavy atom. The van der Waals surface area contributed by atoms with Crippen LogP contribution in [0.1, 0.15) is 40.6 Å². The van der Waals surface area contributed by atoms with Crippen LogP contribution in [0.2, 0.25) is 0 Å². The number of aryl methyl sites for hydroxylation is 2. The number of fused-ring (bicyclic) bond motifs is 2. The minimum atomic E-state index is -0.384. The Bertz CT molecular complexity index is 1270. The molecule has 2 aromatic heterocycles. The zero-order valence-electron chi connectivity index (χ0n) is 18.5. The minimum absolute atomic E-state index is 0.102. The lowest BCUT2D eigenvalue weighted by molar-refractivity contribution is -0.115. The summed E-state index contributed by atoms with van der Waals surface area (Å²) in [4.78, 5) is 43.4. The standard InChI is InChI=1S/C23H25N3O4S3/c1-3-30-22(29)20-14-8-4-6-10-16(14)32-21(20)24-18(27)12-31-13-19(28)25-23-26(2)15-9-5-7-11-17(15)33-23/h5,7,9,11H,3-4,6,8,10,12-13H2,1-2H3,(H,24,27). The number of para-hydroxylation sites is 1. The van der Waals surface area contributed by atoms with Gasteiger partial charge in [0, 0.05) is 11.9 Å². The second-order valence-electron chi connectivity index (χ2n) is 7.59. The number of hydrogen-bond acceptors (Lipinski definition) is 7. The van der Waals surface area contributed by atoms with Crippen LogP contribution in [0, 0.1) is 0 Å². The van der Waals surface area contributed by atoms with Crippen molar-refractivity contribution in [2.75, 3.05) is 23.4 Å². The number of carbonyl (C=O) groups is 3. The van der Waals surface area contributed by atoms with E-state index in [4.69, 9.17) is 4.74 Å². The summed E-state index contributed by atoms with van der Waals surface area (Å²) in [7, 11) is 1.88. The second-order valence-corrected chi connectivity index (χ2v) is 10.7. The first-order valence-electron chi connectivity index (χ1n) is 10.8. The molecule has 1 aliphatic rings. The number of esters is 1. The predicted molar refractivity (Wildman–Crippen MR) is 134 cm³/mol. The number of carbonyl (C=O) groups excluding carboxylic acids is 3. The number of hydrogen-bond donors (Lipinski definition) is 1. The number of rotatable bonds is 7. The molecule has 0 saturated heterocycles. The summed E-state index contributed by atoms with van der Waals surface area (Å²) >= 11 is 4.13. The Morgan fingerprint density at radius 3 is 2.73 bits per heavy atom. The van der Waals surface area contributed by atoms with Crippen LogP contribution in [0.3, 0.4) is 0 Å². The fourth-order valence-electron chi connectivity index (χ4n) is 3.79. The van der Waals surface area contributed by atoms with Crippen LogP contribution in [0.4, 0.5) is 5.00 Å². The van der Waals surface area contributed by atoms with E-state index in [9.17, 15) is 14.4 Å². The third kappa shape index (κ3) is 5.39. The number of benzene rings is 1. The second kappa shape index (κ2) is 10.7. The van der Waals surface area contributed by atoms with Gasteiger partial charge in [0.05, 0.1) is 33.9 Å². The summed E-state index contributed by atoms with van der Waals surface area (Å²) in [6, 6.07) is 7.89. The molecule has 0 atom stereocenters. The normalized spacial score (nSPS) is 13.7. The molecule has 0 fully saturated rings. The van der Waals surface area contributed by atoms with E-state index in [-0.39, 0.29) is 35.9 Å². The molecule has 174 valence electrons. The highest BCUT2D eigenvalue weighted by Crippen LogP contribution is 2.38. The number of aromatic nitrogens is 1. The van der Waals surface area contributed by atoms with Crippen LogP contribution in [-0.4, -0.2) is 40.5 Å². The van der Waals surface area contributed by atoms with Gasteiger partial charge in [-0.05, 0) is 50.3 Å².